The second-order valence-corrected chi connectivity index (χ2v) is 5.48. The molecule has 0 amide bonds. The molecule has 3 atom stereocenters. The van der Waals surface area contributed by atoms with Gasteiger partial charge in [-0.15, -0.1) is 11.3 Å². The van der Waals surface area contributed by atoms with E-state index in [4.69, 9.17) is 4.74 Å². The van der Waals surface area contributed by atoms with Crippen LogP contribution in [0.25, 0.3) is 0 Å². The molecule has 96 valence electrons. The Morgan fingerprint density at radius 2 is 2.18 bits per heavy atom. The molecule has 17 heavy (non-hydrogen) atoms. The second kappa shape index (κ2) is 6.77. The number of hydrogen-bond acceptors (Lipinski definition) is 4. The molecule has 0 fully saturated rings. The third-order valence-corrected chi connectivity index (χ3v) is 3.86. The van der Waals surface area contributed by atoms with Gasteiger partial charge >= 0.3 is 5.97 Å². The van der Waals surface area contributed by atoms with Crippen molar-refractivity contribution in [3.8, 4) is 0 Å². The third kappa shape index (κ3) is 4.48. The van der Waals surface area contributed by atoms with Gasteiger partial charge in [0.1, 0.15) is 0 Å². The Morgan fingerprint density at radius 1 is 1.47 bits per heavy atom. The number of thiophene rings is 1. The van der Waals surface area contributed by atoms with Crippen molar-refractivity contribution in [3.63, 3.8) is 0 Å². The summed E-state index contributed by atoms with van der Waals surface area (Å²) in [4.78, 5) is 12.8. The Balaban J connectivity index is 2.40. The van der Waals surface area contributed by atoms with Gasteiger partial charge in [-0.1, -0.05) is 13.0 Å². The van der Waals surface area contributed by atoms with Crippen molar-refractivity contribution in [2.24, 2.45) is 5.92 Å². The van der Waals surface area contributed by atoms with Gasteiger partial charge in [0, 0.05) is 17.0 Å². The zero-order valence-corrected chi connectivity index (χ0v) is 11.7. The van der Waals surface area contributed by atoms with Gasteiger partial charge in [0.2, 0.25) is 0 Å². The van der Waals surface area contributed by atoms with Gasteiger partial charge in [0.05, 0.1) is 13.0 Å². The molecule has 0 radical (unpaired) electrons. The van der Waals surface area contributed by atoms with E-state index in [1.165, 1.54) is 12.0 Å². The van der Waals surface area contributed by atoms with Gasteiger partial charge in [-0.3, -0.25) is 4.79 Å². The second-order valence-electron chi connectivity index (χ2n) is 4.45. The van der Waals surface area contributed by atoms with Crippen molar-refractivity contribution in [3.05, 3.63) is 22.4 Å². The fourth-order valence-electron chi connectivity index (χ4n) is 1.77. The average molecular weight is 255 g/mol. The molecule has 1 heterocycles. The summed E-state index contributed by atoms with van der Waals surface area (Å²) in [6, 6.07) is 4.68. The zero-order valence-electron chi connectivity index (χ0n) is 10.9. The van der Waals surface area contributed by atoms with Crippen LogP contribution in [0.3, 0.4) is 0 Å². The van der Waals surface area contributed by atoms with E-state index in [-0.39, 0.29) is 17.9 Å². The van der Waals surface area contributed by atoms with Crippen molar-refractivity contribution in [1.29, 1.82) is 0 Å². The third-order valence-electron chi connectivity index (χ3n) is 2.96. The van der Waals surface area contributed by atoms with Crippen molar-refractivity contribution in [2.45, 2.75) is 39.3 Å². The van der Waals surface area contributed by atoms with Crippen molar-refractivity contribution in [1.82, 2.24) is 5.32 Å². The van der Waals surface area contributed by atoms with E-state index in [0.29, 0.717) is 6.04 Å². The molecule has 1 rings (SSSR count). The molecule has 0 spiro atoms. The van der Waals surface area contributed by atoms with Crippen molar-refractivity contribution >= 4 is 17.3 Å². The van der Waals surface area contributed by atoms with Crippen LogP contribution in [0, 0.1) is 5.92 Å². The highest BCUT2D eigenvalue weighted by Crippen LogP contribution is 2.12. The number of carbonyl (C=O) groups is 1. The average Bonchev–Trinajstić information content (AvgIpc) is 2.79. The van der Waals surface area contributed by atoms with Crippen LogP contribution in [-0.4, -0.2) is 25.2 Å². The maximum absolute atomic E-state index is 11.4. The Morgan fingerprint density at radius 3 is 2.71 bits per heavy atom. The number of esters is 1. The number of ether oxygens (including phenoxy) is 1. The van der Waals surface area contributed by atoms with E-state index in [1.54, 1.807) is 11.3 Å². The summed E-state index contributed by atoms with van der Waals surface area (Å²) in [5.74, 6) is -0.279. The topological polar surface area (TPSA) is 38.3 Å². The molecule has 3 nitrogen and oxygen atoms in total. The minimum Gasteiger partial charge on any atom is -0.469 e. The lowest BCUT2D eigenvalue weighted by Crippen LogP contribution is -2.42. The number of methoxy groups -OCH3 is 1. The minimum absolute atomic E-state index is 0.120. The molecule has 0 aliphatic heterocycles. The fourth-order valence-corrected chi connectivity index (χ4v) is 2.61. The monoisotopic (exact) mass is 255 g/mol. The van der Waals surface area contributed by atoms with Crippen LogP contribution in [0.1, 0.15) is 25.6 Å². The van der Waals surface area contributed by atoms with Gasteiger partial charge in [0.25, 0.3) is 0 Å². The van der Waals surface area contributed by atoms with E-state index >= 15 is 0 Å². The molecule has 3 unspecified atom stereocenters. The molecular weight excluding hydrogens is 234 g/mol. The number of carbonyl (C=O) groups excluding carboxylic acids is 1. The van der Waals surface area contributed by atoms with Crippen LogP contribution < -0.4 is 5.32 Å². The van der Waals surface area contributed by atoms with Gasteiger partial charge in [0.15, 0.2) is 0 Å². The summed E-state index contributed by atoms with van der Waals surface area (Å²) < 4.78 is 4.74. The zero-order chi connectivity index (χ0) is 12.8. The Labute approximate surface area is 107 Å². The summed E-state index contributed by atoms with van der Waals surface area (Å²) in [5, 5.41) is 5.52. The Bertz CT molecular complexity index is 337. The first kappa shape index (κ1) is 14.2. The lowest BCUT2D eigenvalue weighted by molar-refractivity contribution is -0.145. The van der Waals surface area contributed by atoms with Crippen molar-refractivity contribution in [2.75, 3.05) is 7.11 Å². The summed E-state index contributed by atoms with van der Waals surface area (Å²) in [5.41, 5.74) is 0. The first-order valence-corrected chi connectivity index (χ1v) is 6.78. The SMILES string of the molecule is COC(=O)C(C)C(C)NC(C)Cc1cccs1. The Kier molecular flexibility index (Phi) is 5.65. The summed E-state index contributed by atoms with van der Waals surface area (Å²) in [7, 11) is 1.43. The maximum Gasteiger partial charge on any atom is 0.309 e. The molecule has 0 aliphatic carbocycles. The highest BCUT2D eigenvalue weighted by Gasteiger charge is 2.21. The normalized spacial score (nSPS) is 16.2. The number of hydrogen-bond donors (Lipinski definition) is 1. The van der Waals surface area contributed by atoms with Gasteiger partial charge in [-0.2, -0.15) is 0 Å². The first-order valence-electron chi connectivity index (χ1n) is 5.90. The predicted octanol–water partition coefficient (Wildman–Crippen LogP) is 2.47. The van der Waals surface area contributed by atoms with E-state index in [9.17, 15) is 4.79 Å². The van der Waals surface area contributed by atoms with E-state index in [0.717, 1.165) is 6.42 Å². The quantitative estimate of drug-likeness (QED) is 0.794. The van der Waals surface area contributed by atoms with Crippen LogP contribution in [0.2, 0.25) is 0 Å². The maximum atomic E-state index is 11.4. The molecule has 0 bridgehead atoms. The van der Waals surface area contributed by atoms with Crippen LogP contribution in [-0.2, 0) is 16.0 Å². The minimum atomic E-state index is -0.159. The van der Waals surface area contributed by atoms with Gasteiger partial charge in [-0.25, -0.2) is 0 Å². The van der Waals surface area contributed by atoms with Gasteiger partial charge in [-0.05, 0) is 31.7 Å². The lowest BCUT2D eigenvalue weighted by Gasteiger charge is -2.23. The van der Waals surface area contributed by atoms with Crippen molar-refractivity contribution < 1.29 is 9.53 Å². The molecule has 0 saturated carbocycles. The molecule has 1 N–H and O–H groups in total. The standard InChI is InChI=1S/C13H21NO2S/c1-9(8-12-6-5-7-17-12)14-11(3)10(2)13(15)16-4/h5-7,9-11,14H,8H2,1-4H3. The van der Waals surface area contributed by atoms with E-state index in [1.807, 2.05) is 13.8 Å². The molecule has 0 saturated heterocycles. The summed E-state index contributed by atoms with van der Waals surface area (Å²) in [6.07, 6.45) is 0.996. The molecule has 4 heteroatoms. The first-order chi connectivity index (χ1) is 8.04. The van der Waals surface area contributed by atoms with Crippen LogP contribution >= 0.6 is 11.3 Å². The van der Waals surface area contributed by atoms with E-state index < -0.39 is 0 Å². The Hall–Kier alpha value is -0.870. The van der Waals surface area contributed by atoms with E-state index in [2.05, 4.69) is 29.8 Å². The number of nitrogens with one attached hydrogen (secondary N) is 1. The lowest BCUT2D eigenvalue weighted by atomic mass is 10.0. The highest BCUT2D eigenvalue weighted by molar-refractivity contribution is 7.09. The smallest absolute Gasteiger partial charge is 0.309 e. The molecule has 0 aliphatic rings. The summed E-state index contributed by atoms with van der Waals surface area (Å²) >= 11 is 1.77. The molecule has 0 aromatic carbocycles. The predicted molar refractivity (Wildman–Crippen MR) is 71.3 cm³/mol. The number of rotatable bonds is 6. The summed E-state index contributed by atoms with van der Waals surface area (Å²) in [6.45, 7) is 6.05. The van der Waals surface area contributed by atoms with Gasteiger partial charge < -0.3 is 10.1 Å². The largest absolute Gasteiger partial charge is 0.469 e. The fraction of sp³-hybridized carbons (Fsp3) is 0.615. The molecular formula is C13H21NO2S. The van der Waals surface area contributed by atoms with Crippen LogP contribution in [0.5, 0.6) is 0 Å². The highest BCUT2D eigenvalue weighted by atomic mass is 32.1. The molecule has 1 aromatic heterocycles. The van der Waals surface area contributed by atoms with Crippen LogP contribution in [0.15, 0.2) is 17.5 Å². The molecule has 1 aromatic rings. The van der Waals surface area contributed by atoms with Crippen LogP contribution in [0.4, 0.5) is 0 Å².